The molecule has 42 heavy (non-hydrogen) atoms. The predicted octanol–water partition coefficient (Wildman–Crippen LogP) is -4.36. The van der Waals surface area contributed by atoms with Crippen LogP contribution >= 0.6 is 15.6 Å². The van der Waals surface area contributed by atoms with Crippen molar-refractivity contribution in [2.75, 3.05) is 19.8 Å². The molecule has 0 aliphatic carbocycles. The highest BCUT2D eigenvalue weighted by Gasteiger charge is 2.50. The predicted molar refractivity (Wildman–Crippen MR) is 129 cm³/mol. The van der Waals surface area contributed by atoms with E-state index in [0.717, 1.165) is 12.3 Å². The summed E-state index contributed by atoms with van der Waals surface area (Å²) >= 11 is 0. The van der Waals surface area contributed by atoms with Crippen molar-refractivity contribution in [2.45, 2.75) is 55.2 Å². The van der Waals surface area contributed by atoms with Crippen molar-refractivity contribution in [3.05, 3.63) is 43.5 Å². The number of amides is 1. The molecule has 2 saturated heterocycles. The molecule has 0 radical (unpaired) electrons. The van der Waals surface area contributed by atoms with E-state index in [9.17, 15) is 58.8 Å². The number of carbonyl (C=O) groups is 1. The molecular weight excluding hydrogens is 622 g/mol. The van der Waals surface area contributed by atoms with Crippen LogP contribution in [0.5, 0.6) is 0 Å². The van der Waals surface area contributed by atoms with E-state index in [1.54, 1.807) is 0 Å². The van der Waals surface area contributed by atoms with E-state index in [-0.39, 0.29) is 0 Å². The van der Waals surface area contributed by atoms with Gasteiger partial charge < -0.3 is 50.1 Å². The Morgan fingerprint density at radius 1 is 1.10 bits per heavy atom. The summed E-state index contributed by atoms with van der Waals surface area (Å²) in [4.78, 5) is 59.4. The molecule has 1 amide bonds. The highest BCUT2D eigenvalue weighted by Crippen LogP contribution is 2.61. The molecule has 25 heteroatoms. The second kappa shape index (κ2) is 13.8. The number of nitrogens with zero attached hydrogens (tertiary/aromatic N) is 4. The minimum atomic E-state index is -5.73. The Morgan fingerprint density at radius 2 is 1.76 bits per heavy atom. The lowest BCUT2D eigenvalue weighted by molar-refractivity contribution is -0.247. The maximum Gasteiger partial charge on any atom is 0.483 e. The van der Waals surface area contributed by atoms with Gasteiger partial charge in [0, 0.05) is 17.2 Å². The van der Waals surface area contributed by atoms with Gasteiger partial charge in [0.1, 0.15) is 49.2 Å². The van der Waals surface area contributed by atoms with Gasteiger partial charge in [-0.1, -0.05) is 5.11 Å². The number of aromatic amines is 1. The Hall–Kier alpha value is -2.56. The minimum Gasteiger partial charge on any atom is -0.394 e. The molecule has 0 saturated carbocycles. The van der Waals surface area contributed by atoms with Crippen molar-refractivity contribution in [3.8, 4) is 0 Å². The molecule has 23 nitrogen and oxygen atoms in total. The maximum absolute atomic E-state index is 12.5. The summed E-state index contributed by atoms with van der Waals surface area (Å²) in [5.41, 5.74) is 6.54. The van der Waals surface area contributed by atoms with E-state index in [2.05, 4.69) is 23.4 Å². The average molecular weight is 648 g/mol. The summed E-state index contributed by atoms with van der Waals surface area (Å²) in [5, 5.41) is 55.1. The van der Waals surface area contributed by atoms with Gasteiger partial charge in [0.2, 0.25) is 5.91 Å². The van der Waals surface area contributed by atoms with E-state index in [0.29, 0.717) is 4.57 Å². The number of H-pyrrole nitrogens is 1. The van der Waals surface area contributed by atoms with E-state index in [1.807, 2.05) is 10.3 Å². The molecule has 0 bridgehead atoms. The van der Waals surface area contributed by atoms with Gasteiger partial charge in [-0.3, -0.25) is 28.2 Å². The fraction of sp³-hybridized carbons (Fsp3) is 0.706. The summed E-state index contributed by atoms with van der Waals surface area (Å²) < 4.78 is 49.3. The van der Waals surface area contributed by atoms with Crippen molar-refractivity contribution in [1.29, 1.82) is 0 Å². The first-order chi connectivity index (χ1) is 19.6. The first kappa shape index (κ1) is 33.9. The Morgan fingerprint density at radius 3 is 2.38 bits per heavy atom. The summed E-state index contributed by atoms with van der Waals surface area (Å²) in [5.74, 6) is -1.08. The zero-order valence-electron chi connectivity index (χ0n) is 20.9. The van der Waals surface area contributed by atoms with Crippen LogP contribution in [0.3, 0.4) is 0 Å². The van der Waals surface area contributed by atoms with Crippen LogP contribution in [0.15, 0.2) is 27.0 Å². The number of rotatable bonds is 12. The number of phosphoric ester groups is 2. The van der Waals surface area contributed by atoms with Crippen LogP contribution < -0.4 is 16.6 Å². The number of phosphoric acid groups is 2. The smallest absolute Gasteiger partial charge is 0.394 e. The zero-order valence-corrected chi connectivity index (χ0v) is 22.7. The monoisotopic (exact) mass is 648 g/mol. The second-order valence-electron chi connectivity index (χ2n) is 8.67. The Labute approximate surface area is 232 Å². The van der Waals surface area contributed by atoms with Gasteiger partial charge in [-0.15, -0.1) is 0 Å². The SMILES string of the molecule is [N-]=[N+]=NCC(=O)NC1C(OP(=O)(O)OP(=O)(O)OC[C@H]2O[C@@H](n3ccc(=O)[nH]c3=O)[C@H](O)[C@@H]2O)OC(CO)C(O)C1O. The summed E-state index contributed by atoms with van der Waals surface area (Å²) in [7, 11) is -11.3. The number of aliphatic hydroxyl groups excluding tert-OH is 5. The number of azide groups is 1. The molecular formula is C17H26N6O17P2. The van der Waals surface area contributed by atoms with Gasteiger partial charge in [0.25, 0.3) is 5.56 Å². The van der Waals surface area contributed by atoms with E-state index in [1.165, 1.54) is 0 Å². The van der Waals surface area contributed by atoms with Crippen molar-refractivity contribution >= 4 is 21.6 Å². The fourth-order valence-electron chi connectivity index (χ4n) is 3.85. The number of ether oxygens (including phenoxy) is 2. The van der Waals surface area contributed by atoms with Crippen LogP contribution in [-0.2, 0) is 36.8 Å². The largest absolute Gasteiger partial charge is 0.483 e. The number of nitrogens with one attached hydrogen (secondary N) is 2. The number of hydrogen-bond acceptors (Lipinski definition) is 16. The van der Waals surface area contributed by atoms with Crippen molar-refractivity contribution in [2.24, 2.45) is 5.11 Å². The average Bonchev–Trinajstić information content (AvgIpc) is 3.18. The highest BCUT2D eigenvalue weighted by molar-refractivity contribution is 7.61. The quantitative estimate of drug-likeness (QED) is 0.0447. The first-order valence-electron chi connectivity index (χ1n) is 11.5. The lowest BCUT2D eigenvalue weighted by atomic mass is 9.97. The Bertz CT molecular complexity index is 1380. The molecule has 2 aliphatic rings. The highest BCUT2D eigenvalue weighted by atomic mass is 31.3. The second-order valence-corrected chi connectivity index (χ2v) is 11.7. The van der Waals surface area contributed by atoms with Crippen LogP contribution in [0, 0.1) is 0 Å². The summed E-state index contributed by atoms with van der Waals surface area (Å²) in [6.07, 6.45) is -13.6. The number of aliphatic hydroxyl groups is 5. The van der Waals surface area contributed by atoms with E-state index >= 15 is 0 Å². The standard InChI is InChI=1S/C17H26N6O17P2/c18-22-19-3-9(26)20-10-13(29)11(27)6(4-24)38-16(10)39-42(34,35)40-41(32,33)36-5-7-12(28)14(30)15(37-7)23-2-1-8(25)21-17(23)31/h1-2,6-7,10-16,24,27-30H,3-5H2,(H,20,26)(H,32,33)(H,34,35)(H,21,25,31)/t6?,7-,10?,11?,12-,13?,14-,15-,16?/m1/s1. The molecule has 2 aliphatic heterocycles. The molecule has 1 aromatic rings. The van der Waals surface area contributed by atoms with Crippen LogP contribution in [0.2, 0.25) is 0 Å². The third-order valence-electron chi connectivity index (χ3n) is 5.79. The fourth-order valence-corrected chi connectivity index (χ4v) is 6.01. The minimum absolute atomic E-state index is 0.705. The molecule has 3 heterocycles. The summed E-state index contributed by atoms with van der Waals surface area (Å²) in [6.45, 7) is -2.85. The van der Waals surface area contributed by atoms with Crippen LogP contribution in [0.4, 0.5) is 0 Å². The molecule has 7 unspecified atom stereocenters. The van der Waals surface area contributed by atoms with Crippen molar-refractivity contribution in [3.63, 3.8) is 0 Å². The lowest BCUT2D eigenvalue weighted by Crippen LogP contribution is -2.64. The molecule has 0 aromatic carbocycles. The number of hydrogen-bond donors (Lipinski definition) is 9. The van der Waals surface area contributed by atoms with E-state index < -0.39 is 108 Å². The van der Waals surface area contributed by atoms with Crippen LogP contribution in [-0.4, -0.2) is 119 Å². The third kappa shape index (κ3) is 8.29. The Kier molecular flexibility index (Phi) is 11.2. The molecule has 9 N–H and O–H groups in total. The molecule has 0 spiro atoms. The molecule has 236 valence electrons. The normalized spacial score (nSPS) is 34.1. The van der Waals surface area contributed by atoms with Gasteiger partial charge in [-0.2, -0.15) is 4.31 Å². The van der Waals surface area contributed by atoms with E-state index in [4.69, 9.17) is 15.0 Å². The van der Waals surface area contributed by atoms with Crippen LogP contribution in [0.25, 0.3) is 10.4 Å². The first-order valence-corrected chi connectivity index (χ1v) is 14.5. The molecule has 2 fully saturated rings. The van der Waals surface area contributed by atoms with Crippen molar-refractivity contribution < 1.29 is 72.1 Å². The van der Waals surface area contributed by atoms with Gasteiger partial charge in [0.05, 0.1) is 13.2 Å². The number of aromatic nitrogens is 2. The Balaban J connectivity index is 1.67. The van der Waals surface area contributed by atoms with Crippen LogP contribution in [0.1, 0.15) is 6.23 Å². The molecule has 11 atom stereocenters. The zero-order chi connectivity index (χ0) is 31.4. The maximum atomic E-state index is 12.5. The van der Waals surface area contributed by atoms with Gasteiger partial charge in [0.15, 0.2) is 12.5 Å². The van der Waals surface area contributed by atoms with Gasteiger partial charge in [-0.05, 0) is 5.53 Å². The number of carbonyl (C=O) groups excluding carboxylic acids is 1. The summed E-state index contributed by atoms with van der Waals surface area (Å²) in [6, 6.07) is -0.958. The third-order valence-corrected chi connectivity index (χ3v) is 8.39. The van der Waals surface area contributed by atoms with Gasteiger partial charge in [-0.25, -0.2) is 13.9 Å². The van der Waals surface area contributed by atoms with Gasteiger partial charge >= 0.3 is 21.3 Å². The topological polar surface area (TPSA) is 355 Å². The van der Waals surface area contributed by atoms with Crippen molar-refractivity contribution in [1.82, 2.24) is 14.9 Å². The molecule has 1 aromatic heterocycles. The lowest BCUT2D eigenvalue weighted by Gasteiger charge is -2.42. The molecule has 3 rings (SSSR count).